The third-order valence-corrected chi connectivity index (χ3v) is 5.96. The minimum absolute atomic E-state index is 0.193. The van der Waals surface area contributed by atoms with Gasteiger partial charge in [0.2, 0.25) is 5.91 Å². The van der Waals surface area contributed by atoms with E-state index in [0.717, 1.165) is 9.13 Å². The Morgan fingerprint density at radius 3 is 2.61 bits per heavy atom. The number of hydrogen-bond acceptors (Lipinski definition) is 4. The zero-order chi connectivity index (χ0) is 23.9. The van der Waals surface area contributed by atoms with E-state index in [2.05, 4.69) is 22.2 Å². The number of aromatic nitrogens is 1. The highest BCUT2D eigenvalue weighted by Crippen LogP contribution is 2.43. The van der Waals surface area contributed by atoms with Gasteiger partial charge in [-0.2, -0.15) is 0 Å². The number of carbonyl (C=O) groups excluding carboxylic acids is 1. The van der Waals surface area contributed by atoms with Gasteiger partial charge in [0.25, 0.3) is 5.56 Å². The first kappa shape index (κ1) is 22.8. The molecule has 2 aromatic carbocycles. The molecule has 0 fully saturated rings. The lowest BCUT2D eigenvalue weighted by molar-refractivity contribution is -0.114. The second-order valence-corrected chi connectivity index (χ2v) is 8.94. The molecule has 0 bridgehead atoms. The number of halogens is 2. The highest BCUT2D eigenvalue weighted by atomic mass is 127. The van der Waals surface area contributed by atoms with Gasteiger partial charge in [-0.15, -0.1) is 0 Å². The minimum Gasteiger partial charge on any atom is -0.456 e. The molecular formula is C25H21FIN3O3. The third kappa shape index (κ3) is 4.43. The highest BCUT2D eigenvalue weighted by Gasteiger charge is 2.29. The fourth-order valence-corrected chi connectivity index (χ4v) is 4.19. The molecule has 4 rings (SSSR count). The molecule has 1 aliphatic heterocycles. The number of aromatic amines is 1. The van der Waals surface area contributed by atoms with E-state index in [9.17, 15) is 14.0 Å². The van der Waals surface area contributed by atoms with Crippen molar-refractivity contribution in [3.05, 3.63) is 91.4 Å². The molecule has 0 saturated heterocycles. The van der Waals surface area contributed by atoms with Crippen LogP contribution in [0.2, 0.25) is 0 Å². The first-order valence-electron chi connectivity index (χ1n) is 10.1. The van der Waals surface area contributed by atoms with E-state index in [0.29, 0.717) is 39.7 Å². The minimum atomic E-state index is -0.437. The lowest BCUT2D eigenvalue weighted by atomic mass is 9.95. The summed E-state index contributed by atoms with van der Waals surface area (Å²) >= 11 is 2.03. The predicted octanol–water partition coefficient (Wildman–Crippen LogP) is 5.80. The summed E-state index contributed by atoms with van der Waals surface area (Å²) in [5.74, 6) is 0.0367. The Bertz CT molecular complexity index is 1410. The smallest absolute Gasteiger partial charge is 0.261 e. The summed E-state index contributed by atoms with van der Waals surface area (Å²) in [6, 6.07) is 12.0. The summed E-state index contributed by atoms with van der Waals surface area (Å²) < 4.78 is 21.4. The summed E-state index contributed by atoms with van der Waals surface area (Å²) in [5, 5.41) is 5.83. The van der Waals surface area contributed by atoms with E-state index in [1.165, 1.54) is 13.0 Å². The molecule has 0 radical (unpaired) electrons. The van der Waals surface area contributed by atoms with Crippen molar-refractivity contribution < 1.29 is 13.9 Å². The number of allylic oxidation sites excluding steroid dienone is 1. The number of amides is 1. The maximum absolute atomic E-state index is 14.6. The van der Waals surface area contributed by atoms with E-state index in [1.54, 1.807) is 44.2 Å². The van der Waals surface area contributed by atoms with Crippen LogP contribution in [0.3, 0.4) is 0 Å². The van der Waals surface area contributed by atoms with Crippen LogP contribution in [0.25, 0.3) is 16.8 Å². The van der Waals surface area contributed by atoms with Crippen LogP contribution in [0.5, 0.6) is 5.75 Å². The number of anilines is 2. The summed E-state index contributed by atoms with van der Waals surface area (Å²) in [4.78, 5) is 27.5. The largest absolute Gasteiger partial charge is 0.456 e. The van der Waals surface area contributed by atoms with E-state index >= 15 is 0 Å². The van der Waals surface area contributed by atoms with Gasteiger partial charge in [0.05, 0.1) is 11.4 Å². The van der Waals surface area contributed by atoms with Crippen molar-refractivity contribution in [1.82, 2.24) is 4.98 Å². The van der Waals surface area contributed by atoms with Gasteiger partial charge >= 0.3 is 0 Å². The number of hydrogen-bond donors (Lipinski definition) is 3. The molecule has 0 unspecified atom stereocenters. The molecule has 1 amide bonds. The van der Waals surface area contributed by atoms with Gasteiger partial charge in [-0.05, 0) is 72.3 Å². The van der Waals surface area contributed by atoms with Crippen molar-refractivity contribution in [3.63, 3.8) is 0 Å². The maximum atomic E-state index is 14.6. The van der Waals surface area contributed by atoms with Crippen LogP contribution in [0.4, 0.5) is 15.8 Å². The third-order valence-electron chi connectivity index (χ3n) is 5.29. The Balaban J connectivity index is 1.91. The molecule has 8 heteroatoms. The van der Waals surface area contributed by atoms with Gasteiger partial charge in [-0.3, -0.25) is 9.59 Å². The summed E-state index contributed by atoms with van der Waals surface area (Å²) in [6.45, 7) is 8.95. The molecular weight excluding hydrogens is 536 g/mol. The maximum Gasteiger partial charge on any atom is 0.261 e. The topological polar surface area (TPSA) is 83.2 Å². The van der Waals surface area contributed by atoms with Crippen molar-refractivity contribution in [3.8, 4) is 16.9 Å². The van der Waals surface area contributed by atoms with Gasteiger partial charge in [0, 0.05) is 33.0 Å². The quantitative estimate of drug-likeness (QED) is 0.354. The van der Waals surface area contributed by atoms with Gasteiger partial charge in [-0.1, -0.05) is 18.7 Å². The fourth-order valence-electron chi connectivity index (χ4n) is 3.73. The lowest BCUT2D eigenvalue weighted by Gasteiger charge is -2.27. The van der Waals surface area contributed by atoms with Crippen molar-refractivity contribution in [2.75, 3.05) is 10.6 Å². The molecule has 3 aromatic rings. The molecule has 3 N–H and O–H groups in total. The Morgan fingerprint density at radius 1 is 1.15 bits per heavy atom. The van der Waals surface area contributed by atoms with Gasteiger partial charge in [-0.25, -0.2) is 4.39 Å². The Morgan fingerprint density at radius 2 is 1.91 bits per heavy atom. The van der Waals surface area contributed by atoms with Gasteiger partial charge in [0.15, 0.2) is 5.75 Å². The van der Waals surface area contributed by atoms with Crippen LogP contribution < -0.4 is 20.9 Å². The molecule has 2 heterocycles. The first-order valence-corrected chi connectivity index (χ1v) is 11.2. The van der Waals surface area contributed by atoms with Crippen LogP contribution in [0, 0.1) is 16.3 Å². The van der Waals surface area contributed by atoms with E-state index in [4.69, 9.17) is 4.74 Å². The van der Waals surface area contributed by atoms with Crippen molar-refractivity contribution >= 4 is 45.6 Å². The van der Waals surface area contributed by atoms with Crippen molar-refractivity contribution in [2.45, 2.75) is 20.8 Å². The monoisotopic (exact) mass is 557 g/mol. The van der Waals surface area contributed by atoms with E-state index in [1.807, 2.05) is 28.7 Å². The second-order valence-electron chi connectivity index (χ2n) is 7.69. The molecule has 168 valence electrons. The molecule has 1 aliphatic rings. The number of H-pyrrole nitrogens is 1. The summed E-state index contributed by atoms with van der Waals surface area (Å²) in [7, 11) is 0. The SMILES string of the molecule is C=C1Oc2c(-c3cccc(NC(C)=O)c3)c(C)[nH]c(=O)c2C(Nc2ccc(I)cc2F)=C1C. The molecule has 33 heavy (non-hydrogen) atoms. The number of nitrogens with one attached hydrogen (secondary N) is 3. The normalized spacial score (nSPS) is 12.8. The molecule has 0 atom stereocenters. The summed E-state index contributed by atoms with van der Waals surface area (Å²) in [6.07, 6.45) is 0. The van der Waals surface area contributed by atoms with Crippen molar-refractivity contribution in [2.24, 2.45) is 0 Å². The second kappa shape index (κ2) is 8.86. The molecule has 0 aliphatic carbocycles. The van der Waals surface area contributed by atoms with E-state index in [-0.39, 0.29) is 22.7 Å². The predicted molar refractivity (Wildman–Crippen MR) is 137 cm³/mol. The molecule has 1 aromatic heterocycles. The number of rotatable bonds is 4. The first-order chi connectivity index (χ1) is 15.7. The number of carbonyl (C=O) groups is 1. The van der Waals surface area contributed by atoms with E-state index < -0.39 is 5.82 Å². The average Bonchev–Trinajstić information content (AvgIpc) is 2.72. The van der Waals surface area contributed by atoms with Gasteiger partial charge in [0.1, 0.15) is 17.1 Å². The fraction of sp³-hybridized carbons (Fsp3) is 0.120. The van der Waals surface area contributed by atoms with Crippen molar-refractivity contribution in [1.29, 1.82) is 0 Å². The Hall–Kier alpha value is -3.40. The van der Waals surface area contributed by atoms with Crippen LogP contribution in [0.15, 0.2) is 65.2 Å². The lowest BCUT2D eigenvalue weighted by Crippen LogP contribution is -2.24. The molecule has 0 spiro atoms. The number of fused-ring (bicyclic) bond motifs is 1. The number of aryl methyl sites for hydroxylation is 1. The number of benzene rings is 2. The van der Waals surface area contributed by atoms with Crippen LogP contribution >= 0.6 is 22.6 Å². The van der Waals surface area contributed by atoms with Crippen LogP contribution in [-0.2, 0) is 4.79 Å². The molecule has 0 saturated carbocycles. The average molecular weight is 557 g/mol. The highest BCUT2D eigenvalue weighted by molar-refractivity contribution is 14.1. The van der Waals surface area contributed by atoms with Crippen LogP contribution in [-0.4, -0.2) is 10.9 Å². The Labute approximate surface area is 203 Å². The Kier molecular flexibility index (Phi) is 6.11. The number of ether oxygens (including phenoxy) is 1. The number of pyridine rings is 1. The van der Waals surface area contributed by atoms with Gasteiger partial charge < -0.3 is 20.4 Å². The zero-order valence-corrected chi connectivity index (χ0v) is 20.4. The van der Waals surface area contributed by atoms with Crippen LogP contribution in [0.1, 0.15) is 25.1 Å². The summed E-state index contributed by atoms with van der Waals surface area (Å²) in [5.41, 5.74) is 3.71. The molecule has 6 nitrogen and oxygen atoms in total. The standard InChI is InChI=1S/C25H21FIN3O3/c1-12-14(3)33-24-21(16-6-5-7-18(10-16)29-15(4)31)13(2)28-25(32)22(24)23(12)30-20-9-8-17(27)11-19(20)26/h5-11,30H,3H2,1-2,4H3,(H,28,32)(H,29,31). The zero-order valence-electron chi connectivity index (χ0n) is 18.2.